The largest absolute Gasteiger partial charge is 0.461 e. The Morgan fingerprint density at radius 2 is 1.96 bits per heavy atom. The monoisotopic (exact) mass is 332 g/mol. The summed E-state index contributed by atoms with van der Waals surface area (Å²) in [6, 6.07) is 11.2. The fraction of sp³-hybridized carbons (Fsp3) is 0. The number of fused-ring (bicyclic) bond motifs is 1. The van der Waals surface area contributed by atoms with Crippen LogP contribution in [0.4, 0.5) is 5.69 Å². The zero-order chi connectivity index (χ0) is 17.4. The first-order valence-electron chi connectivity index (χ1n) is 7.56. The number of hydrogen-bond acceptors (Lipinski definition) is 4. The Bertz CT molecular complexity index is 1050. The van der Waals surface area contributed by atoms with Crippen LogP contribution >= 0.6 is 0 Å². The summed E-state index contributed by atoms with van der Waals surface area (Å²) in [6.45, 7) is 0. The zero-order valence-electron chi connectivity index (χ0n) is 12.9. The maximum absolute atomic E-state index is 12.4. The van der Waals surface area contributed by atoms with Crippen LogP contribution in [0.1, 0.15) is 27.2 Å². The second-order valence-electron chi connectivity index (χ2n) is 5.57. The number of ketones is 1. The van der Waals surface area contributed by atoms with Crippen molar-refractivity contribution in [3.05, 3.63) is 87.7 Å². The number of rotatable bonds is 3. The molecule has 0 saturated heterocycles. The predicted molar refractivity (Wildman–Crippen MR) is 92.1 cm³/mol. The van der Waals surface area contributed by atoms with E-state index in [-0.39, 0.29) is 23.0 Å². The number of H-pyrrole nitrogens is 1. The Hall–Kier alpha value is -3.67. The molecule has 6 nitrogen and oxygen atoms in total. The molecule has 2 aromatic heterocycles. The number of aromatic amines is 1. The van der Waals surface area contributed by atoms with Gasteiger partial charge in [0.25, 0.3) is 5.91 Å². The van der Waals surface area contributed by atoms with Crippen molar-refractivity contribution >= 4 is 29.0 Å². The van der Waals surface area contributed by atoms with Crippen molar-refractivity contribution in [3.63, 3.8) is 0 Å². The van der Waals surface area contributed by atoms with Crippen molar-refractivity contribution in [2.45, 2.75) is 0 Å². The molecular weight excluding hydrogens is 320 g/mol. The maximum atomic E-state index is 12.4. The predicted octanol–water partition coefficient (Wildman–Crippen LogP) is 2.69. The van der Waals surface area contributed by atoms with Crippen LogP contribution < -0.4 is 10.9 Å². The number of hydrogen-bond donors (Lipinski definition) is 2. The lowest BCUT2D eigenvalue weighted by molar-refractivity contribution is -0.110. The number of benzene rings is 1. The molecule has 0 unspecified atom stereocenters. The Kier molecular flexibility index (Phi) is 3.43. The van der Waals surface area contributed by atoms with Crippen LogP contribution in [0.5, 0.6) is 0 Å². The lowest BCUT2D eigenvalue weighted by atomic mass is 10.00. The summed E-state index contributed by atoms with van der Waals surface area (Å²) in [6.07, 6.45) is 4.63. The Balaban J connectivity index is 1.77. The van der Waals surface area contributed by atoms with Gasteiger partial charge < -0.3 is 14.7 Å². The van der Waals surface area contributed by atoms with E-state index in [1.54, 1.807) is 42.5 Å². The van der Waals surface area contributed by atoms with Gasteiger partial charge in [0.2, 0.25) is 11.3 Å². The minimum Gasteiger partial charge on any atom is -0.461 e. The SMILES string of the molecule is O=C1Nc2ccc(C(=O)c3ccco3)cc2/C1=C/c1ccc(=O)[nH]c1. The van der Waals surface area contributed by atoms with Gasteiger partial charge in [-0.3, -0.25) is 14.4 Å². The number of furan rings is 1. The van der Waals surface area contributed by atoms with E-state index in [4.69, 9.17) is 4.42 Å². The van der Waals surface area contributed by atoms with E-state index >= 15 is 0 Å². The lowest BCUT2D eigenvalue weighted by Gasteiger charge is -2.03. The third-order valence-electron chi connectivity index (χ3n) is 3.93. The van der Waals surface area contributed by atoms with Gasteiger partial charge >= 0.3 is 0 Å². The molecule has 122 valence electrons. The number of nitrogens with one attached hydrogen (secondary N) is 2. The highest BCUT2D eigenvalue weighted by atomic mass is 16.3. The molecule has 25 heavy (non-hydrogen) atoms. The molecule has 0 atom stereocenters. The summed E-state index contributed by atoms with van der Waals surface area (Å²) in [5.41, 5.74) is 2.59. The zero-order valence-corrected chi connectivity index (χ0v) is 12.9. The van der Waals surface area contributed by atoms with Gasteiger partial charge in [0.1, 0.15) is 0 Å². The molecule has 1 aliphatic rings. The highest BCUT2D eigenvalue weighted by molar-refractivity contribution is 6.35. The lowest BCUT2D eigenvalue weighted by Crippen LogP contribution is -2.04. The van der Waals surface area contributed by atoms with Gasteiger partial charge in [-0.05, 0) is 48.0 Å². The quantitative estimate of drug-likeness (QED) is 0.570. The normalized spacial score (nSPS) is 14.4. The van der Waals surface area contributed by atoms with Crippen molar-refractivity contribution in [1.29, 1.82) is 0 Å². The molecule has 1 amide bonds. The molecule has 3 heterocycles. The van der Waals surface area contributed by atoms with Gasteiger partial charge in [0.05, 0.1) is 6.26 Å². The van der Waals surface area contributed by atoms with E-state index in [9.17, 15) is 14.4 Å². The van der Waals surface area contributed by atoms with Gasteiger partial charge in [-0.1, -0.05) is 0 Å². The molecule has 0 bridgehead atoms. The van der Waals surface area contributed by atoms with Crippen LogP contribution in [-0.4, -0.2) is 16.7 Å². The summed E-state index contributed by atoms with van der Waals surface area (Å²) in [5, 5.41) is 2.77. The molecule has 3 aromatic rings. The fourth-order valence-electron chi connectivity index (χ4n) is 2.70. The van der Waals surface area contributed by atoms with Crippen LogP contribution in [0.3, 0.4) is 0 Å². The van der Waals surface area contributed by atoms with Crippen LogP contribution in [0, 0.1) is 0 Å². The Morgan fingerprint density at radius 1 is 1.08 bits per heavy atom. The van der Waals surface area contributed by atoms with Gasteiger partial charge in [-0.25, -0.2) is 0 Å². The summed E-state index contributed by atoms with van der Waals surface area (Å²) in [5.74, 6) is -0.275. The highest BCUT2D eigenvalue weighted by Gasteiger charge is 2.25. The van der Waals surface area contributed by atoms with Gasteiger partial charge in [-0.2, -0.15) is 0 Å². The average molecular weight is 332 g/mol. The van der Waals surface area contributed by atoms with Crippen LogP contribution in [0.25, 0.3) is 11.6 Å². The molecule has 0 radical (unpaired) electrons. The van der Waals surface area contributed by atoms with Gasteiger partial charge in [0, 0.05) is 34.7 Å². The first-order valence-corrected chi connectivity index (χ1v) is 7.56. The molecule has 1 aliphatic heterocycles. The molecule has 0 saturated carbocycles. The summed E-state index contributed by atoms with van der Waals surface area (Å²) < 4.78 is 5.14. The average Bonchev–Trinajstić information content (AvgIpc) is 3.25. The molecule has 0 aliphatic carbocycles. The molecule has 6 heteroatoms. The second-order valence-corrected chi connectivity index (χ2v) is 5.57. The number of carbonyl (C=O) groups is 2. The molecule has 4 rings (SSSR count). The molecule has 2 N–H and O–H groups in total. The number of carbonyl (C=O) groups excluding carboxylic acids is 2. The van der Waals surface area contributed by atoms with Crippen molar-refractivity contribution < 1.29 is 14.0 Å². The third kappa shape index (κ3) is 2.70. The summed E-state index contributed by atoms with van der Waals surface area (Å²) in [7, 11) is 0. The summed E-state index contributed by atoms with van der Waals surface area (Å²) >= 11 is 0. The number of aromatic nitrogens is 1. The summed E-state index contributed by atoms with van der Waals surface area (Å²) in [4.78, 5) is 38.4. The van der Waals surface area contributed by atoms with E-state index in [1.807, 2.05) is 0 Å². The van der Waals surface area contributed by atoms with Gasteiger partial charge in [-0.15, -0.1) is 0 Å². The first-order chi connectivity index (χ1) is 12.1. The number of anilines is 1. The molecule has 0 spiro atoms. The molecular formula is C19H12N2O4. The third-order valence-corrected chi connectivity index (χ3v) is 3.93. The molecule has 1 aromatic carbocycles. The van der Waals surface area contributed by atoms with Crippen molar-refractivity contribution in [2.24, 2.45) is 0 Å². The van der Waals surface area contributed by atoms with E-state index in [2.05, 4.69) is 10.3 Å². The Labute approximate surface area is 141 Å². The van der Waals surface area contributed by atoms with Crippen LogP contribution in [0.15, 0.2) is 64.1 Å². The van der Waals surface area contributed by atoms with E-state index in [0.717, 1.165) is 0 Å². The standard InChI is InChI=1S/C19H12N2O4/c22-17-6-3-11(10-20-17)8-14-13-9-12(4-5-15(13)21-19(14)24)18(23)16-2-1-7-25-16/h1-10H,(H,20,22)(H,21,24)/b14-8-. The van der Waals surface area contributed by atoms with Crippen molar-refractivity contribution in [2.75, 3.05) is 5.32 Å². The Morgan fingerprint density at radius 3 is 2.68 bits per heavy atom. The minimum absolute atomic E-state index is 0.218. The maximum Gasteiger partial charge on any atom is 0.256 e. The number of amides is 1. The topological polar surface area (TPSA) is 92.2 Å². The highest BCUT2D eigenvalue weighted by Crippen LogP contribution is 2.34. The van der Waals surface area contributed by atoms with Crippen molar-refractivity contribution in [1.82, 2.24) is 4.98 Å². The fourth-order valence-corrected chi connectivity index (χ4v) is 2.70. The van der Waals surface area contributed by atoms with E-state index in [0.29, 0.717) is 28.0 Å². The molecule has 0 fully saturated rings. The number of pyridine rings is 1. The first kappa shape index (κ1) is 14.9. The van der Waals surface area contributed by atoms with Crippen molar-refractivity contribution in [3.8, 4) is 0 Å². The van der Waals surface area contributed by atoms with E-state index in [1.165, 1.54) is 18.5 Å². The second kappa shape index (κ2) is 5.76. The van der Waals surface area contributed by atoms with Crippen LogP contribution in [-0.2, 0) is 4.79 Å². The van der Waals surface area contributed by atoms with Gasteiger partial charge in [0.15, 0.2) is 5.76 Å². The minimum atomic E-state index is -0.260. The van der Waals surface area contributed by atoms with Crippen LogP contribution in [0.2, 0.25) is 0 Å². The smallest absolute Gasteiger partial charge is 0.256 e. The van der Waals surface area contributed by atoms with E-state index < -0.39 is 0 Å².